The topological polar surface area (TPSA) is 33.5 Å². The van der Waals surface area contributed by atoms with Gasteiger partial charge in [-0.3, -0.25) is 4.57 Å². The van der Waals surface area contributed by atoms with Gasteiger partial charge in [0.25, 0.3) is 0 Å². The first-order valence-corrected chi connectivity index (χ1v) is 23.5. The first-order chi connectivity index (χ1) is 30.7. The molecule has 2 aliphatic heterocycles. The summed E-state index contributed by atoms with van der Waals surface area (Å²) in [6.07, 6.45) is 1.86. The highest BCUT2D eigenvalue weighted by Gasteiger charge is 2.57. The van der Waals surface area contributed by atoms with Crippen LogP contribution in [0.1, 0.15) is 128 Å². The van der Waals surface area contributed by atoms with Crippen molar-refractivity contribution in [1.82, 2.24) is 9.55 Å². The molecule has 65 heavy (non-hydrogen) atoms. The molecule has 0 saturated carbocycles. The Labute approximate surface area is 385 Å². The minimum atomic E-state index is -0.605. The van der Waals surface area contributed by atoms with Crippen LogP contribution in [0.15, 0.2) is 128 Å². The van der Waals surface area contributed by atoms with Crippen LogP contribution < -0.4 is 14.5 Å². The summed E-state index contributed by atoms with van der Waals surface area (Å²) in [7, 11) is 2.24. The van der Waals surface area contributed by atoms with Crippen molar-refractivity contribution in [2.75, 3.05) is 23.5 Å². The third-order valence-corrected chi connectivity index (χ3v) is 14.5. The summed E-state index contributed by atoms with van der Waals surface area (Å²) in [5, 5.41) is 2.36. The van der Waals surface area contributed by atoms with Crippen molar-refractivity contribution in [3.63, 3.8) is 0 Å². The number of anilines is 3. The lowest BCUT2D eigenvalue weighted by Gasteiger charge is -2.46. The Bertz CT molecular complexity index is 3190. The van der Waals surface area contributed by atoms with Crippen LogP contribution >= 0.6 is 0 Å². The average Bonchev–Trinajstić information content (AvgIpc) is 3.87. The lowest BCUT2D eigenvalue weighted by molar-refractivity contribution is 0.482. The highest BCUT2D eigenvalue weighted by molar-refractivity contribution is 6.09. The number of fused-ring (bicyclic) bond motifs is 12. The molecule has 3 aliphatic rings. The summed E-state index contributed by atoms with van der Waals surface area (Å²) in [6, 6.07) is 45.4. The van der Waals surface area contributed by atoms with Crippen LogP contribution in [-0.2, 0) is 27.1 Å². The molecule has 5 heteroatoms. The SMILES string of the molecule is CN1CN2c3cc(Oc4ccc5c6ccccc6n(-c6ccccn6)c5c4)ccc3C3(c4cccc1c42)c1c(cc(C(C)(C)C)cc1C(C)(C)C)-c1cc(C(C)(C)C)cc(C(C)(C)C)c13. The van der Waals surface area contributed by atoms with Crippen molar-refractivity contribution in [3.05, 3.63) is 172 Å². The monoisotopic (exact) mass is 854 g/mol. The van der Waals surface area contributed by atoms with E-state index in [1.165, 1.54) is 83.5 Å². The first-order valence-electron chi connectivity index (χ1n) is 23.5. The van der Waals surface area contributed by atoms with Crippen molar-refractivity contribution in [2.24, 2.45) is 0 Å². The number of hydrogen-bond donors (Lipinski definition) is 0. The molecule has 0 bridgehead atoms. The van der Waals surface area contributed by atoms with Crippen molar-refractivity contribution in [3.8, 4) is 28.4 Å². The van der Waals surface area contributed by atoms with Gasteiger partial charge in [0.05, 0.1) is 40.2 Å². The number of aromatic nitrogens is 2. The predicted molar refractivity (Wildman–Crippen MR) is 273 cm³/mol. The highest BCUT2D eigenvalue weighted by Crippen LogP contribution is 2.68. The van der Waals surface area contributed by atoms with E-state index in [0.717, 1.165) is 35.0 Å². The highest BCUT2D eigenvalue weighted by atomic mass is 16.5. The Morgan fingerprint density at radius 2 is 1.12 bits per heavy atom. The van der Waals surface area contributed by atoms with Gasteiger partial charge >= 0.3 is 0 Å². The molecule has 8 aromatic rings. The molecule has 0 unspecified atom stereocenters. The van der Waals surface area contributed by atoms with Crippen LogP contribution in [0.2, 0.25) is 0 Å². The van der Waals surface area contributed by atoms with Crippen LogP contribution in [-0.4, -0.2) is 23.3 Å². The first kappa shape index (κ1) is 41.4. The van der Waals surface area contributed by atoms with E-state index in [0.29, 0.717) is 0 Å². The van der Waals surface area contributed by atoms with Crippen LogP contribution in [0.4, 0.5) is 17.1 Å². The van der Waals surface area contributed by atoms with Gasteiger partial charge in [0.2, 0.25) is 0 Å². The molecule has 5 nitrogen and oxygen atoms in total. The van der Waals surface area contributed by atoms with E-state index in [2.05, 4.69) is 214 Å². The summed E-state index contributed by atoms with van der Waals surface area (Å²) in [4.78, 5) is 9.75. The summed E-state index contributed by atoms with van der Waals surface area (Å²) >= 11 is 0. The van der Waals surface area contributed by atoms with Crippen LogP contribution in [0.25, 0.3) is 38.8 Å². The standard InChI is InChI=1S/C60H62N4O/c1-56(2,3)36-29-42-43-30-37(57(4,5)6)32-47(59(10,11)12)54(43)60(53(42)46(31-36)58(7,8)9)44-27-25-39(34-51(44)63-35-62(13)49-22-18-20-45(60)55(49)63)65-38-24-26-41-40-19-14-15-21-48(40)64(50(41)33-38)52-23-16-17-28-61-52/h14-34H,35H2,1-13H3. The van der Waals surface area contributed by atoms with Crippen LogP contribution in [0.5, 0.6) is 11.5 Å². The van der Waals surface area contributed by atoms with E-state index in [1.54, 1.807) is 0 Å². The zero-order valence-electron chi connectivity index (χ0n) is 40.5. The van der Waals surface area contributed by atoms with Crippen LogP contribution in [0, 0.1) is 0 Å². The number of pyridine rings is 1. The molecule has 6 aromatic carbocycles. The lowest BCUT2D eigenvalue weighted by atomic mass is 9.59. The molecule has 328 valence electrons. The van der Waals surface area contributed by atoms with Gasteiger partial charge in [-0.1, -0.05) is 150 Å². The second-order valence-electron chi connectivity index (χ2n) is 23.1. The Morgan fingerprint density at radius 1 is 0.523 bits per heavy atom. The number of ether oxygens (including phenoxy) is 1. The molecule has 0 N–H and O–H groups in total. The Balaban J connectivity index is 1.21. The maximum absolute atomic E-state index is 7.04. The van der Waals surface area contributed by atoms with Gasteiger partial charge in [-0.2, -0.15) is 0 Å². The molecular weight excluding hydrogens is 793 g/mol. The maximum Gasteiger partial charge on any atom is 0.137 e. The number of rotatable bonds is 3. The molecule has 2 aromatic heterocycles. The minimum absolute atomic E-state index is 0.0430. The maximum atomic E-state index is 7.04. The fraction of sp³-hybridized carbons (Fsp3) is 0.317. The number of nitrogens with zero attached hydrogens (tertiary/aromatic N) is 4. The largest absolute Gasteiger partial charge is 0.457 e. The zero-order valence-corrected chi connectivity index (χ0v) is 40.5. The molecular formula is C60H62N4O. The Hall–Kier alpha value is -6.33. The van der Waals surface area contributed by atoms with Crippen molar-refractivity contribution < 1.29 is 4.74 Å². The number of hydrogen-bond acceptors (Lipinski definition) is 4. The second kappa shape index (κ2) is 13.6. The summed E-state index contributed by atoms with van der Waals surface area (Å²) in [5.41, 5.74) is 18.8. The zero-order chi connectivity index (χ0) is 45.7. The van der Waals surface area contributed by atoms with E-state index in [9.17, 15) is 0 Å². The predicted octanol–water partition coefficient (Wildman–Crippen LogP) is 15.4. The smallest absolute Gasteiger partial charge is 0.137 e. The van der Waals surface area contributed by atoms with Gasteiger partial charge in [-0.15, -0.1) is 0 Å². The Morgan fingerprint density at radius 3 is 1.74 bits per heavy atom. The second-order valence-corrected chi connectivity index (χ2v) is 23.1. The van der Waals surface area contributed by atoms with E-state index >= 15 is 0 Å². The molecule has 0 atom stereocenters. The molecule has 0 radical (unpaired) electrons. The van der Waals surface area contributed by atoms with Crippen molar-refractivity contribution in [2.45, 2.75) is 110 Å². The average molecular weight is 855 g/mol. The van der Waals surface area contributed by atoms with Gasteiger partial charge in [0.15, 0.2) is 0 Å². The van der Waals surface area contributed by atoms with Gasteiger partial charge in [0, 0.05) is 36.1 Å². The normalized spacial score (nSPS) is 15.2. The van der Waals surface area contributed by atoms with Gasteiger partial charge in [-0.05, 0) is 120 Å². The fourth-order valence-electron chi connectivity index (χ4n) is 11.4. The van der Waals surface area contributed by atoms with E-state index in [-0.39, 0.29) is 21.7 Å². The molecule has 0 amide bonds. The summed E-state index contributed by atoms with van der Waals surface area (Å²) < 4.78 is 9.29. The quantitative estimate of drug-likeness (QED) is 0.177. The van der Waals surface area contributed by atoms with Gasteiger partial charge in [-0.25, -0.2) is 4.98 Å². The van der Waals surface area contributed by atoms with Crippen molar-refractivity contribution >= 4 is 38.9 Å². The molecule has 4 heterocycles. The molecule has 1 aliphatic carbocycles. The van der Waals surface area contributed by atoms with Gasteiger partial charge in [0.1, 0.15) is 17.3 Å². The Kier molecular flexibility index (Phi) is 8.66. The fourth-order valence-corrected chi connectivity index (χ4v) is 11.4. The third-order valence-electron chi connectivity index (χ3n) is 14.5. The number of para-hydroxylation sites is 2. The minimum Gasteiger partial charge on any atom is -0.457 e. The summed E-state index contributed by atoms with van der Waals surface area (Å²) in [5.74, 6) is 2.48. The number of benzene rings is 6. The molecule has 11 rings (SSSR count). The van der Waals surface area contributed by atoms with E-state index in [4.69, 9.17) is 9.72 Å². The van der Waals surface area contributed by atoms with Gasteiger partial charge < -0.3 is 14.5 Å². The molecule has 0 saturated heterocycles. The lowest BCUT2D eigenvalue weighted by Crippen LogP contribution is -2.40. The summed E-state index contributed by atoms with van der Waals surface area (Å²) in [6.45, 7) is 29.4. The molecule has 0 fully saturated rings. The third kappa shape index (κ3) is 5.99. The van der Waals surface area contributed by atoms with Crippen LogP contribution in [0.3, 0.4) is 0 Å². The van der Waals surface area contributed by atoms with E-state index in [1.807, 2.05) is 18.3 Å². The molecule has 1 spiro atoms. The van der Waals surface area contributed by atoms with Crippen molar-refractivity contribution in [1.29, 1.82) is 0 Å². The van der Waals surface area contributed by atoms with E-state index < -0.39 is 5.41 Å².